The van der Waals surface area contributed by atoms with E-state index in [1.165, 1.54) is 0 Å². The minimum atomic E-state index is -3.62. The number of nitrogens with two attached hydrogens (primary N) is 2. The van der Waals surface area contributed by atoms with E-state index in [1.54, 1.807) is 0 Å². The van der Waals surface area contributed by atoms with Gasteiger partial charge in [0.25, 0.3) is 10.2 Å². The fourth-order valence-electron chi connectivity index (χ4n) is 0.534. The highest BCUT2D eigenvalue weighted by Crippen LogP contribution is 1.86. The Balaban J connectivity index is 3.47. The van der Waals surface area contributed by atoms with Crippen molar-refractivity contribution >= 4 is 16.0 Å². The number of hydrogen-bond acceptors (Lipinski definition) is 4. The van der Waals surface area contributed by atoms with Crippen molar-refractivity contribution in [3.8, 4) is 0 Å². The molecule has 12 heavy (non-hydrogen) atoms. The summed E-state index contributed by atoms with van der Waals surface area (Å²) in [6.07, 6.45) is 0.755. The van der Waals surface area contributed by atoms with Crippen LogP contribution in [0.4, 0.5) is 0 Å². The van der Waals surface area contributed by atoms with Gasteiger partial charge in [-0.05, 0) is 6.42 Å². The van der Waals surface area contributed by atoms with Crippen LogP contribution in [0.2, 0.25) is 0 Å². The normalized spacial score (nSPS) is 13.2. The van der Waals surface area contributed by atoms with E-state index < -0.39 is 10.2 Å². The van der Waals surface area contributed by atoms with E-state index in [9.17, 15) is 8.42 Å². The maximum absolute atomic E-state index is 10.3. The molecular weight excluding hydrogens is 184 g/mol. The molecule has 0 unspecified atom stereocenters. The fourth-order valence-corrected chi connectivity index (χ4v) is 0.963. The lowest BCUT2D eigenvalue weighted by atomic mass is 10.3. The molecule has 7 nitrogen and oxygen atoms in total. The summed E-state index contributed by atoms with van der Waals surface area (Å²) in [5.41, 5.74) is 5.11. The molecule has 0 aromatic rings. The number of nitrogens with zero attached hydrogens (tertiary/aromatic N) is 1. The fraction of sp³-hybridized carbons (Fsp3) is 0.750. The predicted molar refractivity (Wildman–Crippen MR) is 43.8 cm³/mol. The Hall–Kier alpha value is -0.860. The third kappa shape index (κ3) is 7.25. The molecule has 0 spiro atoms. The first-order valence-corrected chi connectivity index (χ1v) is 4.74. The highest BCUT2D eigenvalue weighted by atomic mass is 32.2. The Morgan fingerprint density at radius 1 is 1.58 bits per heavy atom. The van der Waals surface area contributed by atoms with Crippen LogP contribution in [0.3, 0.4) is 0 Å². The predicted octanol–water partition coefficient (Wildman–Crippen LogP) is -1.69. The Labute approximate surface area is 70.6 Å². The maximum atomic E-state index is 10.3. The van der Waals surface area contributed by atoms with Crippen molar-refractivity contribution in [3.05, 3.63) is 0 Å². The SMILES string of the molecule is NC(CCCNS(N)(=O)=O)=NO. The second-order valence-electron chi connectivity index (χ2n) is 2.13. The van der Waals surface area contributed by atoms with Crippen LogP contribution in [0, 0.1) is 0 Å². The van der Waals surface area contributed by atoms with Gasteiger partial charge in [0.15, 0.2) is 0 Å². The number of nitrogens with one attached hydrogen (secondary N) is 1. The molecule has 0 atom stereocenters. The van der Waals surface area contributed by atoms with Crippen molar-refractivity contribution in [2.75, 3.05) is 6.54 Å². The van der Waals surface area contributed by atoms with E-state index >= 15 is 0 Å². The lowest BCUT2D eigenvalue weighted by molar-refractivity contribution is 0.316. The summed E-state index contributed by atoms with van der Waals surface area (Å²) in [7, 11) is -3.62. The van der Waals surface area contributed by atoms with E-state index in [4.69, 9.17) is 10.9 Å². The molecule has 72 valence electrons. The van der Waals surface area contributed by atoms with Gasteiger partial charge < -0.3 is 10.9 Å². The molecule has 0 aromatic carbocycles. The van der Waals surface area contributed by atoms with Gasteiger partial charge in [-0.1, -0.05) is 5.16 Å². The van der Waals surface area contributed by atoms with Crippen LogP contribution in [0.25, 0.3) is 0 Å². The van der Waals surface area contributed by atoms with Crippen LogP contribution in [-0.4, -0.2) is 26.0 Å². The largest absolute Gasteiger partial charge is 0.409 e. The third-order valence-corrected chi connectivity index (χ3v) is 1.65. The Morgan fingerprint density at radius 3 is 2.58 bits per heavy atom. The molecule has 0 aliphatic carbocycles. The van der Waals surface area contributed by atoms with Crippen LogP contribution in [0.5, 0.6) is 0 Å². The van der Waals surface area contributed by atoms with Crippen molar-refractivity contribution in [1.82, 2.24) is 4.72 Å². The van der Waals surface area contributed by atoms with Crippen molar-refractivity contribution in [2.24, 2.45) is 16.0 Å². The first-order chi connectivity index (χ1) is 5.45. The Bertz CT molecular complexity index is 247. The summed E-state index contributed by atoms with van der Waals surface area (Å²) in [5, 5.41) is 15.4. The molecule has 8 heteroatoms. The lowest BCUT2D eigenvalue weighted by Gasteiger charge is -2.00. The zero-order chi connectivity index (χ0) is 9.61. The molecule has 0 saturated carbocycles. The van der Waals surface area contributed by atoms with Gasteiger partial charge in [-0.25, -0.2) is 9.86 Å². The van der Waals surface area contributed by atoms with Crippen LogP contribution in [0.1, 0.15) is 12.8 Å². The van der Waals surface area contributed by atoms with E-state index in [0.29, 0.717) is 12.8 Å². The van der Waals surface area contributed by atoms with Crippen molar-refractivity contribution in [3.63, 3.8) is 0 Å². The third-order valence-electron chi connectivity index (χ3n) is 1.04. The molecule has 0 bridgehead atoms. The zero-order valence-electron chi connectivity index (χ0n) is 6.40. The molecule has 0 rings (SSSR count). The van der Waals surface area contributed by atoms with Gasteiger partial charge in [-0.3, -0.25) is 0 Å². The minimum absolute atomic E-state index is 0.0613. The summed E-state index contributed by atoms with van der Waals surface area (Å²) in [5.74, 6) is 0.0613. The van der Waals surface area contributed by atoms with Crippen molar-refractivity contribution in [1.29, 1.82) is 0 Å². The second kappa shape index (κ2) is 4.91. The first-order valence-electron chi connectivity index (χ1n) is 3.19. The number of oxime groups is 1. The van der Waals surface area contributed by atoms with Crippen LogP contribution < -0.4 is 15.6 Å². The zero-order valence-corrected chi connectivity index (χ0v) is 7.21. The van der Waals surface area contributed by atoms with Gasteiger partial charge in [0, 0.05) is 13.0 Å². The topological polar surface area (TPSA) is 131 Å². The van der Waals surface area contributed by atoms with Crippen LogP contribution in [-0.2, 0) is 10.2 Å². The average molecular weight is 196 g/mol. The number of amidine groups is 1. The Morgan fingerprint density at radius 2 is 2.17 bits per heavy atom. The quantitative estimate of drug-likeness (QED) is 0.137. The monoisotopic (exact) mass is 196 g/mol. The summed E-state index contributed by atoms with van der Waals surface area (Å²) in [6.45, 7) is 0.176. The van der Waals surface area contributed by atoms with Gasteiger partial charge in [-0.2, -0.15) is 8.42 Å². The molecule has 0 radical (unpaired) electrons. The smallest absolute Gasteiger partial charge is 0.274 e. The van der Waals surface area contributed by atoms with Gasteiger partial charge in [-0.15, -0.1) is 0 Å². The summed E-state index contributed by atoms with van der Waals surface area (Å²) >= 11 is 0. The minimum Gasteiger partial charge on any atom is -0.409 e. The molecule has 0 heterocycles. The summed E-state index contributed by atoms with van der Waals surface area (Å²) in [6, 6.07) is 0. The molecule has 0 aromatic heterocycles. The second-order valence-corrected chi connectivity index (χ2v) is 3.51. The van der Waals surface area contributed by atoms with Gasteiger partial charge in [0.05, 0.1) is 0 Å². The van der Waals surface area contributed by atoms with Crippen molar-refractivity contribution < 1.29 is 13.6 Å². The first kappa shape index (κ1) is 11.1. The van der Waals surface area contributed by atoms with Crippen molar-refractivity contribution in [2.45, 2.75) is 12.8 Å². The molecule has 0 saturated heterocycles. The van der Waals surface area contributed by atoms with Crippen LogP contribution in [0.15, 0.2) is 5.16 Å². The van der Waals surface area contributed by atoms with E-state index in [-0.39, 0.29) is 12.4 Å². The molecule has 6 N–H and O–H groups in total. The van der Waals surface area contributed by atoms with E-state index in [2.05, 4.69) is 15.0 Å². The van der Waals surface area contributed by atoms with Gasteiger partial charge in [0.1, 0.15) is 5.84 Å². The molecule has 0 amide bonds. The lowest BCUT2D eigenvalue weighted by Crippen LogP contribution is -2.32. The van der Waals surface area contributed by atoms with Crippen LogP contribution >= 0.6 is 0 Å². The summed E-state index contributed by atoms with van der Waals surface area (Å²) < 4.78 is 22.7. The van der Waals surface area contributed by atoms with E-state index in [1.807, 2.05) is 0 Å². The number of hydrogen-bond donors (Lipinski definition) is 4. The average Bonchev–Trinajstić information content (AvgIpc) is 1.96. The molecular formula is C4H12N4O3S. The maximum Gasteiger partial charge on any atom is 0.274 e. The molecule has 0 aliphatic rings. The highest BCUT2D eigenvalue weighted by molar-refractivity contribution is 7.87. The standard InChI is InChI=1S/C4H12N4O3S/c5-4(8-9)2-1-3-7-12(6,10)11/h7,9H,1-3H2,(H2,5,8)(H2,6,10,11). The number of rotatable bonds is 5. The summed E-state index contributed by atoms with van der Waals surface area (Å²) in [4.78, 5) is 0. The van der Waals surface area contributed by atoms with E-state index in [0.717, 1.165) is 0 Å². The van der Waals surface area contributed by atoms with Gasteiger partial charge in [0.2, 0.25) is 0 Å². The van der Waals surface area contributed by atoms with Gasteiger partial charge >= 0.3 is 0 Å². The highest BCUT2D eigenvalue weighted by Gasteiger charge is 1.99. The molecule has 0 aliphatic heterocycles. The Kier molecular flexibility index (Phi) is 4.55. The molecule has 0 fully saturated rings.